The Hall–Kier alpha value is -0.332. The van der Waals surface area contributed by atoms with Gasteiger partial charge in [0, 0.05) is 52.9 Å². The van der Waals surface area contributed by atoms with Gasteiger partial charge in [0.15, 0.2) is 0 Å². The second kappa shape index (κ2) is 27.3. The fraction of sp³-hybridized carbons (Fsp3) is 0.714. The van der Waals surface area contributed by atoms with Crippen LogP contribution in [0, 0.1) is 0 Å². The van der Waals surface area contributed by atoms with Crippen molar-refractivity contribution < 1.29 is 18.9 Å². The summed E-state index contributed by atoms with van der Waals surface area (Å²) in [5.74, 6) is 1.80. The van der Waals surface area contributed by atoms with Crippen LogP contribution in [0.4, 0.5) is 11.4 Å². The standard InChI is InChI=1S/C26H40N2Si.4C4H8O.Ba/c1-17(2)21-13-11-14-22(18(3)4)25(21)27-29(9,10)28-26-23(19(5)6)15-12-16-24(26)20(7)8;4*1-2-4-5-3-1;/h11-20H,1-10H3;4*1-4H2;/q-2;;;;;+2. The maximum atomic E-state index is 5.40. The van der Waals surface area contributed by atoms with Crippen molar-refractivity contribution in [3.05, 3.63) is 68.6 Å². The Morgan fingerprint density at radius 3 is 0.760 bits per heavy atom. The summed E-state index contributed by atoms with van der Waals surface area (Å²) in [6, 6.07) is 13.3. The van der Waals surface area contributed by atoms with Crippen LogP contribution in [0.5, 0.6) is 0 Å². The molecule has 2 aromatic carbocycles. The zero-order valence-electron chi connectivity index (χ0n) is 33.8. The molecule has 8 heteroatoms. The second-order valence-corrected chi connectivity index (χ2v) is 18.6. The number of hydrogen-bond acceptors (Lipinski definition) is 4. The first-order chi connectivity index (χ1) is 23.4. The van der Waals surface area contributed by atoms with Gasteiger partial charge in [-0.2, -0.15) is 0 Å². The van der Waals surface area contributed by atoms with E-state index < -0.39 is 8.40 Å². The van der Waals surface area contributed by atoms with Gasteiger partial charge in [-0.1, -0.05) is 114 Å². The largest absolute Gasteiger partial charge is 2.00 e. The molecule has 4 saturated heterocycles. The predicted octanol–water partition coefficient (Wildman–Crippen LogP) is 12.4. The average Bonchev–Trinajstić information content (AvgIpc) is 3.92. The molecule has 0 aliphatic carbocycles. The van der Waals surface area contributed by atoms with Crippen LogP contribution in [-0.2, 0) is 18.9 Å². The van der Waals surface area contributed by atoms with Crippen LogP contribution in [0.15, 0.2) is 36.4 Å². The molecular formula is C42H72BaN2O4Si. The number of hydrogen-bond donors (Lipinski definition) is 0. The first kappa shape index (κ1) is 47.7. The Morgan fingerprint density at radius 1 is 0.420 bits per heavy atom. The molecule has 0 amide bonds. The van der Waals surface area contributed by atoms with Gasteiger partial charge >= 0.3 is 48.9 Å². The Bertz CT molecular complexity index is 952. The molecular weight excluding hydrogens is 762 g/mol. The van der Waals surface area contributed by atoms with Crippen molar-refractivity contribution >= 4 is 68.7 Å². The fourth-order valence-electron chi connectivity index (χ4n) is 5.90. The summed E-state index contributed by atoms with van der Waals surface area (Å²) in [4.78, 5) is 10.8. The molecule has 6 rings (SSSR count). The summed E-state index contributed by atoms with van der Waals surface area (Å²) in [7, 11) is -2.24. The van der Waals surface area contributed by atoms with E-state index in [0.717, 1.165) is 52.9 Å². The van der Waals surface area contributed by atoms with Crippen LogP contribution >= 0.6 is 0 Å². The summed E-state index contributed by atoms with van der Waals surface area (Å²) in [5, 5.41) is 0. The Morgan fingerprint density at radius 2 is 0.620 bits per heavy atom. The molecule has 4 aliphatic rings. The maximum Gasteiger partial charge on any atom is 2.00 e. The molecule has 2 aromatic rings. The zero-order chi connectivity index (χ0) is 36.1. The van der Waals surface area contributed by atoms with Crippen LogP contribution in [0.2, 0.25) is 13.1 Å². The minimum atomic E-state index is -2.24. The number of ether oxygens (including phenoxy) is 4. The molecule has 0 spiro atoms. The van der Waals surface area contributed by atoms with Crippen LogP contribution in [0.3, 0.4) is 0 Å². The minimum Gasteiger partial charge on any atom is -0.699 e. The van der Waals surface area contributed by atoms with Crippen molar-refractivity contribution in [1.29, 1.82) is 0 Å². The third-order valence-electron chi connectivity index (χ3n) is 8.77. The van der Waals surface area contributed by atoms with Gasteiger partial charge in [0.1, 0.15) is 0 Å². The molecule has 0 radical (unpaired) electrons. The molecule has 0 N–H and O–H groups in total. The Kier molecular flexibility index (Phi) is 26.0. The van der Waals surface area contributed by atoms with Gasteiger partial charge in [-0.15, -0.1) is 32.9 Å². The van der Waals surface area contributed by atoms with Crippen molar-refractivity contribution in [3.8, 4) is 0 Å². The molecule has 0 bridgehead atoms. The van der Waals surface area contributed by atoms with Gasteiger partial charge in [-0.3, -0.25) is 0 Å². The topological polar surface area (TPSA) is 65.1 Å². The monoisotopic (exact) mass is 834 g/mol. The average molecular weight is 834 g/mol. The van der Waals surface area contributed by atoms with Gasteiger partial charge in [0.25, 0.3) is 0 Å². The predicted molar refractivity (Wildman–Crippen MR) is 219 cm³/mol. The molecule has 0 unspecified atom stereocenters. The van der Waals surface area contributed by atoms with E-state index in [-0.39, 0.29) is 48.9 Å². The molecule has 4 fully saturated rings. The van der Waals surface area contributed by atoms with Crippen molar-refractivity contribution in [2.24, 2.45) is 0 Å². The summed E-state index contributed by atoms with van der Waals surface area (Å²) in [6.07, 6.45) is 10.2. The summed E-state index contributed by atoms with van der Waals surface area (Å²) in [5.41, 5.74) is 7.74. The van der Waals surface area contributed by atoms with Gasteiger partial charge in [-0.25, -0.2) is 0 Å². The minimum absolute atomic E-state index is 0. The van der Waals surface area contributed by atoms with Crippen LogP contribution in [0.25, 0.3) is 9.96 Å². The molecule has 0 atom stereocenters. The summed E-state index contributed by atoms with van der Waals surface area (Å²) < 4.78 is 19.8. The van der Waals surface area contributed by atoms with Crippen molar-refractivity contribution in [2.45, 2.75) is 144 Å². The van der Waals surface area contributed by atoms with Gasteiger partial charge < -0.3 is 28.9 Å². The Balaban J connectivity index is 0.000000468. The zero-order valence-corrected chi connectivity index (χ0v) is 39.3. The molecule has 6 nitrogen and oxygen atoms in total. The first-order valence-electron chi connectivity index (χ1n) is 19.5. The maximum absolute atomic E-state index is 5.40. The van der Waals surface area contributed by atoms with Crippen molar-refractivity contribution in [1.82, 2.24) is 0 Å². The van der Waals surface area contributed by atoms with E-state index in [1.165, 1.54) is 85.0 Å². The van der Waals surface area contributed by atoms with E-state index in [1.807, 2.05) is 0 Å². The van der Waals surface area contributed by atoms with Crippen LogP contribution in [0.1, 0.15) is 153 Å². The molecule has 4 heterocycles. The fourth-order valence-corrected chi connectivity index (χ4v) is 7.56. The summed E-state index contributed by atoms with van der Waals surface area (Å²) >= 11 is 0. The quantitative estimate of drug-likeness (QED) is 0.249. The molecule has 4 aliphatic heterocycles. The number of rotatable bonds is 8. The van der Waals surface area contributed by atoms with E-state index in [1.54, 1.807) is 0 Å². The molecule has 50 heavy (non-hydrogen) atoms. The third-order valence-corrected chi connectivity index (χ3v) is 10.3. The van der Waals surface area contributed by atoms with Crippen molar-refractivity contribution in [2.75, 3.05) is 52.9 Å². The van der Waals surface area contributed by atoms with Crippen LogP contribution in [-0.4, -0.2) is 110 Å². The third kappa shape index (κ3) is 19.1. The molecule has 0 aromatic heterocycles. The SMILES string of the molecule is C1CCOC1.C1CCOC1.C1CCOC1.C1CCOC1.CC(C)c1cccc(C(C)C)c1[N-][Si](C)(C)[N-]c1c(C(C)C)cccc1C(C)C.[Ba+2]. The normalized spacial score (nSPS) is 16.8. The smallest absolute Gasteiger partial charge is 0.699 e. The van der Waals surface area contributed by atoms with E-state index in [0.29, 0.717) is 23.7 Å². The Labute approximate surface area is 349 Å². The number of nitrogens with zero attached hydrogens (tertiary/aromatic N) is 2. The van der Waals surface area contributed by atoms with E-state index in [9.17, 15) is 0 Å². The van der Waals surface area contributed by atoms with E-state index >= 15 is 0 Å². The van der Waals surface area contributed by atoms with E-state index in [4.69, 9.17) is 28.9 Å². The van der Waals surface area contributed by atoms with Gasteiger partial charge in [0.2, 0.25) is 0 Å². The van der Waals surface area contributed by atoms with E-state index in [2.05, 4.69) is 105 Å². The van der Waals surface area contributed by atoms with Gasteiger partial charge in [-0.05, 0) is 75.0 Å². The van der Waals surface area contributed by atoms with Gasteiger partial charge in [0.05, 0.1) is 0 Å². The molecule has 0 saturated carbocycles. The summed E-state index contributed by atoms with van der Waals surface area (Å²) in [6.45, 7) is 30.6. The number of benzene rings is 2. The van der Waals surface area contributed by atoms with Crippen molar-refractivity contribution in [3.63, 3.8) is 0 Å². The van der Waals surface area contributed by atoms with Crippen LogP contribution < -0.4 is 0 Å². The molecule has 280 valence electrons. The first-order valence-corrected chi connectivity index (χ1v) is 22.4. The second-order valence-electron chi connectivity index (χ2n) is 15.2.